The van der Waals surface area contributed by atoms with Gasteiger partial charge in [0, 0.05) is 35.0 Å². The molecule has 12 nitrogen and oxygen atoms in total. The molecule has 266 valence electrons. The zero-order valence-electron chi connectivity index (χ0n) is 28.4. The molecule has 3 fully saturated rings. The van der Waals surface area contributed by atoms with Gasteiger partial charge in [-0.1, -0.05) is 62.4 Å². The minimum absolute atomic E-state index is 0.0621. The van der Waals surface area contributed by atoms with E-state index < -0.39 is 72.5 Å². The molecule has 0 radical (unpaired) electrons. The Morgan fingerprint density at radius 2 is 1.72 bits per heavy atom. The summed E-state index contributed by atoms with van der Waals surface area (Å²) in [4.78, 5) is 72.7. The molecule has 3 aromatic rings. The van der Waals surface area contributed by atoms with Crippen LogP contribution in [0.4, 0.5) is 0 Å². The molecule has 3 saturated heterocycles. The first-order chi connectivity index (χ1) is 24.1. The number of ether oxygens (including phenoxy) is 1. The van der Waals surface area contributed by atoms with E-state index >= 15 is 0 Å². The fraction of sp³-hybridized carbons (Fsp3) is 0.486. The molecule has 2 bridgehead atoms. The molecule has 3 aliphatic rings. The molecular formula is C37H45N5O7S. The van der Waals surface area contributed by atoms with Gasteiger partial charge in [0.2, 0.25) is 23.6 Å². The number of hydrogen-bond acceptors (Lipinski definition) is 8. The third-order valence-electron chi connectivity index (χ3n) is 9.71. The standard InChI is InChI=1S/C37H45N5O7S/c1-22(2)17-27-34(45)39-26-14-16-49-30(33(26)44)19-41(36(47)25-21-50-31-13-7-6-11-24(25)31)20-32(43)38-28(18-23-9-4-3-5-10-23)37(48)42-15-8-12-29(42)35(46)40-27/h3-7,9-11,13,21-22,26-30,33,44H,8,12,14-20H2,1-2H3,(H,38,43)(H,39,45)(H,40,46)/t26-,27+,28-,29+,30+,33-/m0/s1. The third kappa shape index (κ3) is 8.00. The lowest BCUT2D eigenvalue weighted by Gasteiger charge is -2.38. The molecule has 2 aromatic carbocycles. The first kappa shape index (κ1) is 35.5. The number of aliphatic hydroxyl groups is 1. The summed E-state index contributed by atoms with van der Waals surface area (Å²) in [5.74, 6) is -2.21. The van der Waals surface area contributed by atoms with E-state index in [0.29, 0.717) is 37.8 Å². The Labute approximate surface area is 295 Å². The van der Waals surface area contributed by atoms with Gasteiger partial charge in [0.1, 0.15) is 30.3 Å². The number of benzene rings is 2. The zero-order chi connectivity index (χ0) is 35.4. The molecule has 0 aliphatic carbocycles. The minimum Gasteiger partial charge on any atom is -0.388 e. The highest BCUT2D eigenvalue weighted by molar-refractivity contribution is 7.17. The SMILES string of the molecule is CC(C)C[C@H]1NC(=O)[C@H]2CCCN2C(=O)[C@H](Cc2ccccc2)NC(=O)CN(C(=O)c2csc3ccccc23)C[C@H]2OCC[C@H](NC1=O)[C@@H]2O. The van der Waals surface area contributed by atoms with Crippen molar-refractivity contribution in [3.63, 3.8) is 0 Å². The van der Waals surface area contributed by atoms with Crippen molar-refractivity contribution in [2.45, 2.75) is 82.3 Å². The molecule has 5 amide bonds. The summed E-state index contributed by atoms with van der Waals surface area (Å²) in [6.07, 6.45) is -0.276. The number of rotatable bonds is 5. The summed E-state index contributed by atoms with van der Waals surface area (Å²) in [7, 11) is 0. The van der Waals surface area contributed by atoms with Gasteiger partial charge in [-0.2, -0.15) is 0 Å². The molecule has 6 rings (SSSR count). The molecule has 4 heterocycles. The number of fused-ring (bicyclic) bond motifs is 4. The van der Waals surface area contributed by atoms with Crippen molar-refractivity contribution in [3.05, 3.63) is 71.1 Å². The first-order valence-electron chi connectivity index (χ1n) is 17.4. The van der Waals surface area contributed by atoms with E-state index in [0.717, 1.165) is 15.6 Å². The van der Waals surface area contributed by atoms with E-state index in [1.807, 2.05) is 68.4 Å². The molecule has 13 heteroatoms. The van der Waals surface area contributed by atoms with Crippen LogP contribution in [0.5, 0.6) is 0 Å². The molecule has 4 N–H and O–H groups in total. The Hall–Kier alpha value is -4.33. The van der Waals surface area contributed by atoms with E-state index in [4.69, 9.17) is 4.74 Å². The predicted octanol–water partition coefficient (Wildman–Crippen LogP) is 2.24. The lowest BCUT2D eigenvalue weighted by molar-refractivity contribution is -0.142. The third-order valence-corrected chi connectivity index (χ3v) is 10.7. The van der Waals surface area contributed by atoms with Crippen LogP contribution in [0, 0.1) is 5.92 Å². The van der Waals surface area contributed by atoms with E-state index in [-0.39, 0.29) is 25.5 Å². The van der Waals surface area contributed by atoms with Gasteiger partial charge in [0.05, 0.1) is 24.7 Å². The van der Waals surface area contributed by atoms with E-state index in [9.17, 15) is 29.1 Å². The predicted molar refractivity (Wildman–Crippen MR) is 188 cm³/mol. The maximum Gasteiger partial charge on any atom is 0.255 e. The number of amides is 5. The van der Waals surface area contributed by atoms with Crippen LogP contribution < -0.4 is 16.0 Å². The maximum absolute atomic E-state index is 14.3. The second-order valence-electron chi connectivity index (χ2n) is 13.8. The van der Waals surface area contributed by atoms with Crippen LogP contribution in [0.1, 0.15) is 55.5 Å². The summed E-state index contributed by atoms with van der Waals surface area (Å²) in [5.41, 5.74) is 1.23. The van der Waals surface area contributed by atoms with Gasteiger partial charge in [-0.05, 0) is 43.2 Å². The maximum atomic E-state index is 14.3. The first-order valence-corrected chi connectivity index (χ1v) is 18.3. The normalized spacial score (nSPS) is 27.0. The van der Waals surface area contributed by atoms with E-state index in [1.54, 1.807) is 5.38 Å². The van der Waals surface area contributed by atoms with Crippen LogP contribution in [-0.4, -0.2) is 107 Å². The van der Waals surface area contributed by atoms with Gasteiger partial charge >= 0.3 is 0 Å². The highest BCUT2D eigenvalue weighted by Crippen LogP contribution is 2.28. The summed E-state index contributed by atoms with van der Waals surface area (Å²) >= 11 is 1.42. The average molecular weight is 704 g/mol. The number of hydrogen-bond donors (Lipinski definition) is 4. The molecule has 0 spiro atoms. The van der Waals surface area contributed by atoms with Gasteiger partial charge in [0.15, 0.2) is 0 Å². The Kier molecular flexibility index (Phi) is 11.1. The van der Waals surface area contributed by atoms with Gasteiger partial charge < -0.3 is 35.6 Å². The van der Waals surface area contributed by atoms with Crippen molar-refractivity contribution in [3.8, 4) is 0 Å². The molecular weight excluding hydrogens is 659 g/mol. The molecule has 1 aromatic heterocycles. The fourth-order valence-corrected chi connectivity index (χ4v) is 8.10. The van der Waals surface area contributed by atoms with Crippen LogP contribution in [-0.2, 0) is 30.3 Å². The minimum atomic E-state index is -1.20. The Balaban J connectivity index is 1.37. The average Bonchev–Trinajstić information content (AvgIpc) is 3.76. The van der Waals surface area contributed by atoms with Crippen LogP contribution in [0.3, 0.4) is 0 Å². The van der Waals surface area contributed by atoms with Crippen molar-refractivity contribution in [1.29, 1.82) is 0 Å². The van der Waals surface area contributed by atoms with Gasteiger partial charge in [-0.3, -0.25) is 24.0 Å². The molecule has 6 atom stereocenters. The smallest absolute Gasteiger partial charge is 0.255 e. The Bertz CT molecular complexity index is 1710. The lowest BCUT2D eigenvalue weighted by atomic mass is 9.97. The van der Waals surface area contributed by atoms with Gasteiger partial charge in [-0.25, -0.2) is 0 Å². The highest BCUT2D eigenvalue weighted by atomic mass is 32.1. The van der Waals surface area contributed by atoms with Gasteiger partial charge in [-0.15, -0.1) is 11.3 Å². The number of thiophene rings is 1. The summed E-state index contributed by atoms with van der Waals surface area (Å²) < 4.78 is 6.87. The topological polar surface area (TPSA) is 157 Å². The van der Waals surface area contributed by atoms with Crippen molar-refractivity contribution in [2.75, 3.05) is 26.2 Å². The van der Waals surface area contributed by atoms with Crippen LogP contribution in [0.15, 0.2) is 60.0 Å². The quantitative estimate of drug-likeness (QED) is 0.318. The van der Waals surface area contributed by atoms with E-state index in [1.165, 1.54) is 21.1 Å². The fourth-order valence-electron chi connectivity index (χ4n) is 7.16. The number of carbonyl (C=O) groups excluding carboxylic acids is 5. The largest absolute Gasteiger partial charge is 0.388 e. The molecule has 50 heavy (non-hydrogen) atoms. The zero-order valence-corrected chi connectivity index (χ0v) is 29.2. The van der Waals surface area contributed by atoms with Crippen LogP contribution in [0.25, 0.3) is 10.1 Å². The Morgan fingerprint density at radius 1 is 0.960 bits per heavy atom. The van der Waals surface area contributed by atoms with Gasteiger partial charge in [0.25, 0.3) is 5.91 Å². The molecule has 3 aliphatic heterocycles. The number of aliphatic hydroxyl groups excluding tert-OH is 1. The number of carbonyl (C=O) groups is 5. The van der Waals surface area contributed by atoms with Crippen molar-refractivity contribution >= 4 is 51.0 Å². The second kappa shape index (κ2) is 15.7. The lowest BCUT2D eigenvalue weighted by Crippen LogP contribution is -2.60. The summed E-state index contributed by atoms with van der Waals surface area (Å²) in [6.45, 7) is 3.88. The van der Waals surface area contributed by atoms with Crippen molar-refractivity contribution < 1.29 is 33.8 Å². The monoisotopic (exact) mass is 703 g/mol. The molecule has 0 unspecified atom stereocenters. The summed E-state index contributed by atoms with van der Waals surface area (Å²) in [6, 6.07) is 13.3. The molecule has 0 saturated carbocycles. The van der Waals surface area contributed by atoms with Crippen LogP contribution in [0.2, 0.25) is 0 Å². The van der Waals surface area contributed by atoms with Crippen LogP contribution >= 0.6 is 11.3 Å². The van der Waals surface area contributed by atoms with E-state index in [2.05, 4.69) is 16.0 Å². The van der Waals surface area contributed by atoms with Crippen molar-refractivity contribution in [2.24, 2.45) is 5.92 Å². The Morgan fingerprint density at radius 3 is 2.50 bits per heavy atom. The van der Waals surface area contributed by atoms with Crippen molar-refractivity contribution in [1.82, 2.24) is 25.8 Å². The highest BCUT2D eigenvalue weighted by Gasteiger charge is 2.41. The number of nitrogens with one attached hydrogen (secondary N) is 3. The number of nitrogens with zero attached hydrogens (tertiary/aromatic N) is 2. The second-order valence-corrected chi connectivity index (χ2v) is 14.7. The summed E-state index contributed by atoms with van der Waals surface area (Å²) in [5, 5.41) is 22.7.